The molecule has 7 aromatic carbocycles. The first kappa shape index (κ1) is 72.2. The molecule has 0 unspecified atom stereocenters. The number of aryl methyl sites for hydroxylation is 1. The van der Waals surface area contributed by atoms with Crippen molar-refractivity contribution in [3.8, 4) is 0 Å². The van der Waals surface area contributed by atoms with Gasteiger partial charge >= 0.3 is 0 Å². The number of carbonyl (C=O) groups is 9. The van der Waals surface area contributed by atoms with E-state index in [0.29, 0.717) is 50.5 Å². The van der Waals surface area contributed by atoms with Crippen molar-refractivity contribution in [3.05, 3.63) is 201 Å². The van der Waals surface area contributed by atoms with Crippen molar-refractivity contribution in [2.45, 2.75) is 163 Å². The Balaban J connectivity index is 0.000000357. The van der Waals surface area contributed by atoms with Crippen LogP contribution in [-0.4, -0.2) is 103 Å². The van der Waals surface area contributed by atoms with Crippen LogP contribution in [0.1, 0.15) is 224 Å². The third-order valence-electron chi connectivity index (χ3n) is 13.7. The number of nitrogens with one attached hydrogen (secondary N) is 1. The first-order valence-corrected chi connectivity index (χ1v) is 27.5. The molecule has 7 aromatic rings. The SMILES string of the molecule is C.C.C.C.CC.CC(=O)c1ccccc1C(=O)NC(C)C.CC(C)N1C(=O)c2cc3ccccc3cc2C1=O.CC(C)N1C(=O)c2cccc3cccc(c23)C1=O.CC(C)N1Cc2ccccc2C1=O.Cc1ccc2c(c1)C(=O)N(C(C)C)C2=O. The van der Waals surface area contributed by atoms with Crippen LogP contribution >= 0.6 is 0 Å². The van der Waals surface area contributed by atoms with Crippen molar-refractivity contribution in [3.63, 3.8) is 0 Å². The minimum absolute atomic E-state index is 0. The van der Waals surface area contributed by atoms with Crippen LogP contribution in [-0.2, 0) is 6.54 Å². The van der Waals surface area contributed by atoms with Crippen LogP contribution in [0.3, 0.4) is 0 Å². The first-order chi connectivity index (χ1) is 38.4. The van der Waals surface area contributed by atoms with Crippen LogP contribution in [0.4, 0.5) is 0 Å². The average molecular weight is 1160 g/mol. The second kappa shape index (κ2) is 31.1. The lowest BCUT2D eigenvalue weighted by atomic mass is 9.93. The minimum Gasteiger partial charge on any atom is -0.350 e. The second-order valence-corrected chi connectivity index (χ2v) is 21.1. The van der Waals surface area contributed by atoms with Crippen molar-refractivity contribution in [1.29, 1.82) is 0 Å². The summed E-state index contributed by atoms with van der Waals surface area (Å²) in [5.74, 6) is -1.23. The Kier molecular flexibility index (Phi) is 26.4. The van der Waals surface area contributed by atoms with Gasteiger partial charge in [0.2, 0.25) is 0 Å². The van der Waals surface area contributed by atoms with Gasteiger partial charge in [-0.2, -0.15) is 0 Å². The van der Waals surface area contributed by atoms with Gasteiger partial charge in [0.25, 0.3) is 47.3 Å². The third kappa shape index (κ3) is 15.5. The van der Waals surface area contributed by atoms with Crippen molar-refractivity contribution in [2.24, 2.45) is 0 Å². The molecule has 4 heterocycles. The molecule has 0 fully saturated rings. The molecule has 0 saturated carbocycles. The van der Waals surface area contributed by atoms with Gasteiger partial charge in [0, 0.05) is 64.4 Å². The normalized spacial score (nSPS) is 13.1. The molecule has 0 aromatic heterocycles. The van der Waals surface area contributed by atoms with E-state index in [-0.39, 0.29) is 107 Å². The molecule has 452 valence electrons. The van der Waals surface area contributed by atoms with E-state index in [4.69, 9.17) is 0 Å². The lowest BCUT2D eigenvalue weighted by Gasteiger charge is -2.30. The number of fused-ring (bicyclic) bond motifs is 4. The summed E-state index contributed by atoms with van der Waals surface area (Å²) in [6.45, 7) is 27.1. The zero-order chi connectivity index (χ0) is 59.7. The van der Waals surface area contributed by atoms with E-state index in [0.717, 1.165) is 44.8 Å². The Morgan fingerprint density at radius 2 is 0.776 bits per heavy atom. The molecule has 0 aliphatic carbocycles. The lowest BCUT2D eigenvalue weighted by Crippen LogP contribution is -2.44. The van der Waals surface area contributed by atoms with Gasteiger partial charge in [-0.15, -0.1) is 0 Å². The zero-order valence-corrected chi connectivity index (χ0v) is 48.8. The molecular weight excluding hydrogens is 1070 g/mol. The molecule has 4 aliphatic heterocycles. The summed E-state index contributed by atoms with van der Waals surface area (Å²) in [7, 11) is 0. The smallest absolute Gasteiger partial charge is 0.261 e. The topological polar surface area (TPSA) is 179 Å². The lowest BCUT2D eigenvalue weighted by molar-refractivity contribution is 0.0555. The molecule has 0 saturated heterocycles. The number of amides is 8. The number of ketones is 1. The van der Waals surface area contributed by atoms with Crippen molar-refractivity contribution in [2.75, 3.05) is 0 Å². The minimum atomic E-state index is -0.198. The fourth-order valence-corrected chi connectivity index (χ4v) is 9.80. The van der Waals surface area contributed by atoms with Gasteiger partial charge in [-0.3, -0.25) is 57.9 Å². The number of carbonyl (C=O) groups excluding carboxylic acids is 9. The Labute approximate surface area is 504 Å². The highest BCUT2D eigenvalue weighted by molar-refractivity contribution is 6.26. The highest BCUT2D eigenvalue weighted by atomic mass is 16.2. The van der Waals surface area contributed by atoms with E-state index in [1.54, 1.807) is 48.5 Å². The summed E-state index contributed by atoms with van der Waals surface area (Å²) in [6.07, 6.45) is 0. The third-order valence-corrected chi connectivity index (χ3v) is 13.7. The van der Waals surface area contributed by atoms with E-state index >= 15 is 0 Å². The van der Waals surface area contributed by atoms with Crippen molar-refractivity contribution >= 4 is 74.6 Å². The zero-order valence-electron chi connectivity index (χ0n) is 48.8. The molecule has 0 bridgehead atoms. The molecule has 0 atom stereocenters. The molecule has 4 aliphatic rings. The molecule has 0 radical (unpaired) electrons. The summed E-state index contributed by atoms with van der Waals surface area (Å²) in [4.78, 5) is 114. The first-order valence-electron chi connectivity index (χ1n) is 27.5. The van der Waals surface area contributed by atoms with E-state index in [2.05, 4.69) is 5.32 Å². The van der Waals surface area contributed by atoms with Crippen LogP contribution in [0.15, 0.2) is 140 Å². The van der Waals surface area contributed by atoms with Crippen LogP contribution in [0.5, 0.6) is 0 Å². The van der Waals surface area contributed by atoms with Crippen LogP contribution in [0.25, 0.3) is 21.5 Å². The van der Waals surface area contributed by atoms with Gasteiger partial charge in [0.1, 0.15) is 0 Å². The maximum absolute atomic E-state index is 12.4. The Bertz CT molecular complexity index is 3490. The van der Waals surface area contributed by atoms with E-state index in [1.165, 1.54) is 21.6 Å². The van der Waals surface area contributed by atoms with E-state index in [1.807, 2.05) is 186 Å². The quantitative estimate of drug-likeness (QED) is 0.120. The van der Waals surface area contributed by atoms with Crippen molar-refractivity contribution < 1.29 is 43.2 Å². The second-order valence-electron chi connectivity index (χ2n) is 21.1. The molecule has 8 amide bonds. The van der Waals surface area contributed by atoms with Crippen molar-refractivity contribution in [1.82, 2.24) is 24.9 Å². The number of hydrogen-bond acceptors (Lipinski definition) is 9. The van der Waals surface area contributed by atoms with E-state index in [9.17, 15) is 43.2 Å². The predicted molar refractivity (Wildman–Crippen MR) is 345 cm³/mol. The van der Waals surface area contributed by atoms with Gasteiger partial charge in [0.15, 0.2) is 5.78 Å². The molecule has 11 rings (SSSR count). The highest BCUT2D eigenvalue weighted by Crippen LogP contribution is 2.32. The van der Waals surface area contributed by atoms with Gasteiger partial charge in [-0.05, 0) is 153 Å². The number of Topliss-reactive ketones (excluding diaryl/α,β-unsaturated/α-hetero) is 1. The fourth-order valence-electron chi connectivity index (χ4n) is 9.80. The monoisotopic (exact) mass is 1160 g/mol. The molecule has 14 heteroatoms. The molecular formula is C71H89N5O9. The van der Waals surface area contributed by atoms with Crippen LogP contribution in [0, 0.1) is 6.92 Å². The summed E-state index contributed by atoms with van der Waals surface area (Å²) >= 11 is 0. The van der Waals surface area contributed by atoms with E-state index < -0.39 is 0 Å². The molecule has 0 spiro atoms. The summed E-state index contributed by atoms with van der Waals surface area (Å²) < 4.78 is 0. The Morgan fingerprint density at radius 3 is 1.20 bits per heavy atom. The Morgan fingerprint density at radius 1 is 0.400 bits per heavy atom. The highest BCUT2D eigenvalue weighted by Gasteiger charge is 2.39. The van der Waals surface area contributed by atoms with Gasteiger partial charge in [-0.1, -0.05) is 140 Å². The van der Waals surface area contributed by atoms with Crippen LogP contribution < -0.4 is 5.32 Å². The maximum Gasteiger partial charge on any atom is 0.261 e. The number of benzene rings is 7. The maximum atomic E-state index is 12.4. The van der Waals surface area contributed by atoms with Gasteiger partial charge < -0.3 is 10.2 Å². The molecule has 14 nitrogen and oxygen atoms in total. The number of imide groups is 3. The van der Waals surface area contributed by atoms with Gasteiger partial charge in [-0.25, -0.2) is 0 Å². The average Bonchev–Trinajstić information content (AvgIpc) is 1.67. The Hall–Kier alpha value is -8.91. The number of hydrogen-bond donors (Lipinski definition) is 1. The molecule has 85 heavy (non-hydrogen) atoms. The fraction of sp³-hybridized carbons (Fsp3) is 0.338. The number of nitrogens with zero attached hydrogens (tertiary/aromatic N) is 4. The summed E-state index contributed by atoms with van der Waals surface area (Å²) in [6, 6.07) is 42.6. The van der Waals surface area contributed by atoms with Crippen LogP contribution in [0.2, 0.25) is 0 Å². The predicted octanol–water partition coefficient (Wildman–Crippen LogP) is 15.3. The summed E-state index contributed by atoms with van der Waals surface area (Å²) in [5.41, 5.74) is 7.29. The van der Waals surface area contributed by atoms with Gasteiger partial charge in [0.05, 0.1) is 27.8 Å². The number of rotatable bonds is 7. The largest absolute Gasteiger partial charge is 0.350 e. The summed E-state index contributed by atoms with van der Waals surface area (Å²) in [5, 5.41) is 6.47. The molecule has 1 N–H and O–H groups in total. The standard InChI is InChI=1S/2C15H13NO2.C12H13NO2.C12H15NO2.C11H13NO.C2H6.4CH4/c1-9(2)16-14(17)11-7-3-5-10-6-4-8-12(13(10)11)15(16)18;1-9(2)16-14(17)12-7-10-5-3-4-6-11(10)8-13(12)15(16)18;1-7(2)13-11(14)9-5-4-8(3)6-10(9)12(13)15;1-8(2)13-12(15)11-7-5-4-6-10(11)9(3)14;1-8(2)12-7-9-5-3-4-6-10(9)11(12)13;1-2;;;;/h2*3-9H,1-2H3;4-7H,1-3H3;4-8H,1-3H3,(H,13,15);3-6,8H,7H2,1-2H3;1-2H3;4*1H4.